The van der Waals surface area contributed by atoms with E-state index in [4.69, 9.17) is 9.47 Å². The lowest BCUT2D eigenvalue weighted by Gasteiger charge is -2.45. The monoisotopic (exact) mass is 568 g/mol. The number of aliphatic hydroxyl groups excluding tert-OH is 3. The molecule has 3 aliphatic heterocycles. The number of carbonyl (C=O) groups excluding carboxylic acids is 3. The van der Waals surface area contributed by atoms with Crippen LogP contribution in [0, 0.1) is 11.8 Å². The highest BCUT2D eigenvalue weighted by Crippen LogP contribution is 2.37. The molecule has 222 valence electrons. The number of amides is 1. The molecule has 0 aliphatic carbocycles. The third-order valence-electron chi connectivity index (χ3n) is 8.43. The maximum atomic E-state index is 12.4. The molecule has 0 saturated carbocycles. The van der Waals surface area contributed by atoms with Crippen LogP contribution in [0.5, 0.6) is 0 Å². The van der Waals surface area contributed by atoms with Gasteiger partial charge in [0, 0.05) is 19.1 Å². The second-order valence-corrected chi connectivity index (χ2v) is 10.7. The van der Waals surface area contributed by atoms with Crippen LogP contribution in [0.1, 0.15) is 48.9 Å². The van der Waals surface area contributed by atoms with Gasteiger partial charge in [0.15, 0.2) is 0 Å². The minimum absolute atomic E-state index is 0.0224. The number of piperidine rings is 2. The Labute approximate surface area is 240 Å². The molecule has 6 atom stereocenters. The average Bonchev–Trinajstić information content (AvgIpc) is 3.02. The van der Waals surface area contributed by atoms with Crippen molar-refractivity contribution in [1.29, 1.82) is 0 Å². The van der Waals surface area contributed by atoms with Crippen LogP contribution >= 0.6 is 0 Å². The van der Waals surface area contributed by atoms with Gasteiger partial charge < -0.3 is 29.7 Å². The topological polar surface area (TPSA) is 137 Å². The number of cyclic esters (lactones) is 1. The Morgan fingerprint density at radius 3 is 2.29 bits per heavy atom. The van der Waals surface area contributed by atoms with E-state index in [2.05, 4.69) is 4.90 Å². The van der Waals surface area contributed by atoms with Crippen molar-refractivity contribution in [3.05, 3.63) is 71.8 Å². The number of ether oxygens (including phenoxy) is 2. The number of morpholine rings is 1. The van der Waals surface area contributed by atoms with Gasteiger partial charge in [-0.25, -0.2) is 4.79 Å². The summed E-state index contributed by atoms with van der Waals surface area (Å²) in [6.45, 7) is 1.10. The van der Waals surface area contributed by atoms with E-state index in [9.17, 15) is 29.7 Å². The lowest BCUT2D eigenvalue weighted by atomic mass is 9.85. The first-order valence-corrected chi connectivity index (χ1v) is 14.2. The van der Waals surface area contributed by atoms with Gasteiger partial charge in [-0.3, -0.25) is 14.5 Å². The summed E-state index contributed by atoms with van der Waals surface area (Å²) in [6.07, 6.45) is 2.46. The predicted octanol–water partition coefficient (Wildman–Crippen LogP) is 1.85. The van der Waals surface area contributed by atoms with Gasteiger partial charge >= 0.3 is 11.9 Å². The number of aliphatic hydroxyl groups is 3. The summed E-state index contributed by atoms with van der Waals surface area (Å²) >= 11 is 0. The number of esters is 2. The van der Waals surface area contributed by atoms with Crippen LogP contribution in [-0.2, 0) is 23.9 Å². The highest BCUT2D eigenvalue weighted by Gasteiger charge is 2.51. The summed E-state index contributed by atoms with van der Waals surface area (Å²) in [4.78, 5) is 40.1. The number of fused-ring (bicyclic) bond motifs is 1. The molecule has 10 heteroatoms. The van der Waals surface area contributed by atoms with Crippen molar-refractivity contribution in [2.45, 2.75) is 49.9 Å². The van der Waals surface area contributed by atoms with E-state index in [0.29, 0.717) is 6.42 Å². The maximum absolute atomic E-state index is 12.4. The van der Waals surface area contributed by atoms with Crippen molar-refractivity contribution < 1.29 is 39.2 Å². The van der Waals surface area contributed by atoms with Gasteiger partial charge in [-0.15, -0.1) is 0 Å². The Bertz CT molecular complexity index is 1150. The third-order valence-corrected chi connectivity index (χ3v) is 8.43. The van der Waals surface area contributed by atoms with Gasteiger partial charge in [-0.05, 0) is 42.9 Å². The largest absolute Gasteiger partial charge is 0.469 e. The zero-order valence-electron chi connectivity index (χ0n) is 23.4. The van der Waals surface area contributed by atoms with E-state index in [0.717, 1.165) is 30.5 Å². The molecule has 41 heavy (non-hydrogen) atoms. The molecule has 10 nitrogen and oxygen atoms in total. The van der Waals surface area contributed by atoms with Gasteiger partial charge in [-0.2, -0.15) is 0 Å². The number of likely N-dealkylation sites (tertiary alicyclic amines) is 1. The first-order valence-electron chi connectivity index (χ1n) is 14.2. The van der Waals surface area contributed by atoms with Crippen LogP contribution in [0.25, 0.3) is 0 Å². The lowest BCUT2D eigenvalue weighted by Crippen LogP contribution is -2.60. The lowest BCUT2D eigenvalue weighted by molar-refractivity contribution is -0.182. The Kier molecular flexibility index (Phi) is 10.9. The molecule has 3 heterocycles. The van der Waals surface area contributed by atoms with Crippen LogP contribution in [0.15, 0.2) is 60.7 Å². The van der Waals surface area contributed by atoms with E-state index in [1.165, 1.54) is 12.0 Å². The Morgan fingerprint density at radius 1 is 1.00 bits per heavy atom. The number of rotatable bonds is 7. The third kappa shape index (κ3) is 6.78. The number of nitrogens with zero attached hydrogens (tertiary/aromatic N) is 2. The summed E-state index contributed by atoms with van der Waals surface area (Å²) in [7, 11) is 1.28. The molecule has 1 amide bonds. The summed E-state index contributed by atoms with van der Waals surface area (Å²) in [5.74, 6) is -1.71. The molecule has 0 spiro atoms. The minimum atomic E-state index is -0.896. The molecule has 2 aromatic carbocycles. The van der Waals surface area contributed by atoms with Crippen molar-refractivity contribution >= 4 is 17.8 Å². The fourth-order valence-corrected chi connectivity index (χ4v) is 6.31. The van der Waals surface area contributed by atoms with Crippen LogP contribution in [0.2, 0.25) is 0 Å². The normalized spacial score (nSPS) is 27.1. The Hall–Kier alpha value is -3.31. The fraction of sp³-hybridized carbons (Fsp3) is 0.516. The maximum Gasteiger partial charge on any atom is 0.329 e. The molecule has 0 unspecified atom stereocenters. The molecule has 3 fully saturated rings. The molecule has 3 aliphatic rings. The zero-order chi connectivity index (χ0) is 29.4. The van der Waals surface area contributed by atoms with Crippen molar-refractivity contribution in [1.82, 2.24) is 9.80 Å². The first kappa shape index (κ1) is 30.6. The standard InChI is InChI=1S/C16H17NO5.C15H23NO3/c1-21-15(19)11-7-8-13(18)17-12(9-22-16(20)14(11)17)10-5-3-2-4-6-10;17-9-13-7-4-8-16(15(13)11-19)14(10-18)12-5-2-1-3-6-12/h2-6,11-12,14H,7-9H2,1H3;1-3,5-6,13-15,17-19H,4,7-11H2/t11-,12+,14+;13-,14-,15+/m10/s1. The van der Waals surface area contributed by atoms with Crippen molar-refractivity contribution in [2.75, 3.05) is 40.1 Å². The Balaban J connectivity index is 0.000000191. The minimum Gasteiger partial charge on any atom is -0.469 e. The van der Waals surface area contributed by atoms with Crippen molar-refractivity contribution in [3.63, 3.8) is 0 Å². The zero-order valence-corrected chi connectivity index (χ0v) is 23.4. The summed E-state index contributed by atoms with van der Waals surface area (Å²) in [5, 5.41) is 28.8. The Morgan fingerprint density at radius 2 is 1.68 bits per heavy atom. The van der Waals surface area contributed by atoms with Crippen molar-refractivity contribution in [2.24, 2.45) is 11.8 Å². The molecule has 5 rings (SSSR count). The smallest absolute Gasteiger partial charge is 0.329 e. The van der Waals surface area contributed by atoms with Gasteiger partial charge in [0.05, 0.1) is 38.3 Å². The summed E-state index contributed by atoms with van der Waals surface area (Å²) in [6, 6.07) is 17.8. The molecule has 3 saturated heterocycles. The van der Waals surface area contributed by atoms with Crippen molar-refractivity contribution in [3.8, 4) is 0 Å². The fourth-order valence-electron chi connectivity index (χ4n) is 6.31. The number of hydrogen-bond acceptors (Lipinski definition) is 9. The van der Waals surface area contributed by atoms with Gasteiger partial charge in [0.25, 0.3) is 0 Å². The quantitative estimate of drug-likeness (QED) is 0.428. The van der Waals surface area contributed by atoms with E-state index >= 15 is 0 Å². The second kappa shape index (κ2) is 14.5. The first-order chi connectivity index (χ1) is 19.9. The van der Waals surface area contributed by atoms with E-state index < -0.39 is 23.9 Å². The van der Waals surface area contributed by atoms with Crippen LogP contribution < -0.4 is 0 Å². The molecular weight excluding hydrogens is 528 g/mol. The molecular formula is C31H40N2O8. The van der Waals surface area contributed by atoms with E-state index in [-0.39, 0.29) is 62.8 Å². The summed E-state index contributed by atoms with van der Waals surface area (Å²) in [5.41, 5.74) is 1.95. The number of methoxy groups -OCH3 is 1. The van der Waals surface area contributed by atoms with Crippen LogP contribution in [-0.4, -0.2) is 95.1 Å². The predicted molar refractivity (Wildman–Crippen MR) is 149 cm³/mol. The molecule has 3 N–H and O–H groups in total. The van der Waals surface area contributed by atoms with Crippen LogP contribution in [0.4, 0.5) is 0 Å². The second-order valence-electron chi connectivity index (χ2n) is 10.7. The highest BCUT2D eigenvalue weighted by atomic mass is 16.5. The average molecular weight is 569 g/mol. The summed E-state index contributed by atoms with van der Waals surface area (Å²) < 4.78 is 10.0. The number of hydrogen-bond donors (Lipinski definition) is 3. The van der Waals surface area contributed by atoms with Gasteiger partial charge in [-0.1, -0.05) is 60.7 Å². The van der Waals surface area contributed by atoms with Gasteiger partial charge in [0.1, 0.15) is 12.6 Å². The molecule has 2 aromatic rings. The molecule has 0 bridgehead atoms. The highest BCUT2D eigenvalue weighted by molar-refractivity contribution is 5.92. The SMILES string of the molecule is COC(=O)[C@@H]1CCC(=O)N2[C@@H]1C(=O)OC[C@H]2c1ccccc1.OC[C@@H]1CCCN([C@@H](CO)c2ccccc2)[C@@H]1CO. The number of carbonyl (C=O) groups is 3. The van der Waals surface area contributed by atoms with Crippen LogP contribution in [0.3, 0.4) is 0 Å². The van der Waals surface area contributed by atoms with E-state index in [1.807, 2.05) is 60.7 Å². The number of benzene rings is 2. The molecule has 0 aromatic heterocycles. The van der Waals surface area contributed by atoms with E-state index in [1.54, 1.807) is 0 Å². The molecule has 0 radical (unpaired) electrons. The van der Waals surface area contributed by atoms with Gasteiger partial charge in [0.2, 0.25) is 5.91 Å².